The number of likely N-dealkylation sites (tertiary alicyclic amines) is 1. The highest BCUT2D eigenvalue weighted by Gasteiger charge is 2.34. The van der Waals surface area contributed by atoms with Crippen molar-refractivity contribution in [3.05, 3.63) is 24.3 Å². The molecule has 120 valence electrons. The van der Waals surface area contributed by atoms with Crippen LogP contribution in [0.3, 0.4) is 0 Å². The molecule has 2 aliphatic rings. The molecule has 2 heterocycles. The van der Waals surface area contributed by atoms with Gasteiger partial charge in [-0.25, -0.2) is 0 Å². The van der Waals surface area contributed by atoms with E-state index >= 15 is 0 Å². The monoisotopic (exact) mass is 301 g/mol. The van der Waals surface area contributed by atoms with Gasteiger partial charge in [0.05, 0.1) is 11.4 Å². The molecule has 1 amide bonds. The molecule has 4 heteroatoms. The number of amides is 1. The lowest BCUT2D eigenvalue weighted by Gasteiger charge is -2.38. The summed E-state index contributed by atoms with van der Waals surface area (Å²) in [5.41, 5.74) is 2.11. The molecule has 3 rings (SSSR count). The molecule has 0 saturated carbocycles. The Morgan fingerprint density at radius 1 is 1.14 bits per heavy atom. The van der Waals surface area contributed by atoms with E-state index in [2.05, 4.69) is 30.1 Å². The van der Waals surface area contributed by atoms with Crippen molar-refractivity contribution in [2.45, 2.75) is 39.2 Å². The number of rotatable bonds is 4. The molecule has 4 nitrogen and oxygen atoms in total. The standard InChI is InChI=1S/C18H27N3O/c1-14(2)17-18(22)21(13-12-20-10-6-3-7-11-20)16-9-5-4-8-15(16)19-17/h4-5,8-9,14,17,19H,3,6-7,10-13H2,1-2H3. The Balaban J connectivity index is 1.76. The van der Waals surface area contributed by atoms with Crippen LogP contribution in [-0.4, -0.2) is 43.0 Å². The van der Waals surface area contributed by atoms with Crippen LogP contribution in [0, 0.1) is 5.92 Å². The minimum Gasteiger partial charge on any atom is -0.372 e. The van der Waals surface area contributed by atoms with Gasteiger partial charge in [0.15, 0.2) is 0 Å². The molecule has 0 bridgehead atoms. The Hall–Kier alpha value is -1.55. The van der Waals surface area contributed by atoms with Gasteiger partial charge >= 0.3 is 0 Å². The molecule has 1 fully saturated rings. The van der Waals surface area contributed by atoms with Crippen LogP contribution in [0.1, 0.15) is 33.1 Å². The lowest BCUT2D eigenvalue weighted by Crippen LogP contribution is -2.51. The molecule has 0 aromatic heterocycles. The molecule has 0 aliphatic carbocycles. The number of carbonyl (C=O) groups is 1. The number of benzene rings is 1. The molecule has 1 saturated heterocycles. The van der Waals surface area contributed by atoms with E-state index in [0.29, 0.717) is 5.92 Å². The number of carbonyl (C=O) groups excluding carboxylic acids is 1. The Bertz CT molecular complexity index is 523. The summed E-state index contributed by atoms with van der Waals surface area (Å²) in [6.45, 7) is 8.33. The van der Waals surface area contributed by atoms with Crippen LogP contribution in [0.15, 0.2) is 24.3 Å². The van der Waals surface area contributed by atoms with Gasteiger partial charge in [-0.1, -0.05) is 32.4 Å². The van der Waals surface area contributed by atoms with E-state index in [-0.39, 0.29) is 11.9 Å². The van der Waals surface area contributed by atoms with Gasteiger partial charge in [0.2, 0.25) is 5.91 Å². The molecule has 2 aliphatic heterocycles. The second-order valence-corrected chi connectivity index (χ2v) is 6.78. The van der Waals surface area contributed by atoms with Crippen LogP contribution < -0.4 is 10.2 Å². The number of anilines is 2. The quantitative estimate of drug-likeness (QED) is 0.929. The summed E-state index contributed by atoms with van der Waals surface area (Å²) >= 11 is 0. The fraction of sp³-hybridized carbons (Fsp3) is 0.611. The predicted octanol–water partition coefficient (Wildman–Crippen LogP) is 2.96. The average molecular weight is 301 g/mol. The third-order valence-corrected chi connectivity index (χ3v) is 4.79. The average Bonchev–Trinajstić information content (AvgIpc) is 2.54. The second-order valence-electron chi connectivity index (χ2n) is 6.78. The normalized spacial score (nSPS) is 22.6. The highest BCUT2D eigenvalue weighted by atomic mass is 16.2. The van der Waals surface area contributed by atoms with Crippen LogP contribution in [-0.2, 0) is 4.79 Å². The summed E-state index contributed by atoms with van der Waals surface area (Å²) in [5.74, 6) is 0.504. The van der Waals surface area contributed by atoms with Gasteiger partial charge in [-0.05, 0) is 44.0 Å². The number of hydrogen-bond donors (Lipinski definition) is 1. The van der Waals surface area contributed by atoms with Gasteiger partial charge in [-0.3, -0.25) is 4.79 Å². The van der Waals surface area contributed by atoms with Crippen molar-refractivity contribution in [1.29, 1.82) is 0 Å². The predicted molar refractivity (Wildman–Crippen MR) is 91.3 cm³/mol. The van der Waals surface area contributed by atoms with Gasteiger partial charge in [0, 0.05) is 13.1 Å². The Morgan fingerprint density at radius 3 is 2.59 bits per heavy atom. The van der Waals surface area contributed by atoms with Crippen molar-refractivity contribution in [3.8, 4) is 0 Å². The number of hydrogen-bond acceptors (Lipinski definition) is 3. The first kappa shape index (κ1) is 15.3. The molecule has 1 unspecified atom stereocenters. The second kappa shape index (κ2) is 6.69. The van der Waals surface area contributed by atoms with Crippen molar-refractivity contribution in [1.82, 2.24) is 4.90 Å². The molecular weight excluding hydrogens is 274 g/mol. The highest BCUT2D eigenvalue weighted by molar-refractivity contribution is 6.05. The summed E-state index contributed by atoms with van der Waals surface area (Å²) in [6, 6.07) is 8.05. The topological polar surface area (TPSA) is 35.6 Å². The molecule has 1 atom stereocenters. The number of para-hydroxylation sites is 2. The molecule has 1 aromatic carbocycles. The van der Waals surface area contributed by atoms with E-state index in [0.717, 1.165) is 24.5 Å². The van der Waals surface area contributed by atoms with Crippen LogP contribution >= 0.6 is 0 Å². The zero-order chi connectivity index (χ0) is 15.5. The maximum Gasteiger partial charge on any atom is 0.249 e. The SMILES string of the molecule is CC(C)C1Nc2ccccc2N(CCN2CCCCC2)C1=O. The van der Waals surface area contributed by atoms with E-state index in [1.54, 1.807) is 0 Å². The summed E-state index contributed by atoms with van der Waals surface area (Å²) < 4.78 is 0. The maximum absolute atomic E-state index is 12.8. The minimum atomic E-state index is -0.115. The van der Waals surface area contributed by atoms with Crippen molar-refractivity contribution in [3.63, 3.8) is 0 Å². The van der Waals surface area contributed by atoms with Gasteiger partial charge < -0.3 is 15.1 Å². The van der Waals surface area contributed by atoms with Crippen LogP contribution in [0.5, 0.6) is 0 Å². The zero-order valence-corrected chi connectivity index (χ0v) is 13.7. The lowest BCUT2D eigenvalue weighted by atomic mass is 9.99. The number of nitrogens with one attached hydrogen (secondary N) is 1. The smallest absolute Gasteiger partial charge is 0.249 e. The van der Waals surface area contributed by atoms with E-state index in [4.69, 9.17) is 0 Å². The first-order chi connectivity index (χ1) is 10.7. The fourth-order valence-corrected chi connectivity index (χ4v) is 3.45. The van der Waals surface area contributed by atoms with Gasteiger partial charge in [-0.2, -0.15) is 0 Å². The van der Waals surface area contributed by atoms with Crippen molar-refractivity contribution in [2.24, 2.45) is 5.92 Å². The summed E-state index contributed by atoms with van der Waals surface area (Å²) in [7, 11) is 0. The van der Waals surface area contributed by atoms with Gasteiger partial charge in [0.25, 0.3) is 0 Å². The van der Waals surface area contributed by atoms with Crippen molar-refractivity contribution >= 4 is 17.3 Å². The zero-order valence-electron chi connectivity index (χ0n) is 13.7. The largest absolute Gasteiger partial charge is 0.372 e. The Morgan fingerprint density at radius 2 is 1.86 bits per heavy atom. The number of piperidine rings is 1. The highest BCUT2D eigenvalue weighted by Crippen LogP contribution is 2.32. The molecule has 1 aromatic rings. The first-order valence-corrected chi connectivity index (χ1v) is 8.56. The van der Waals surface area contributed by atoms with E-state index in [9.17, 15) is 4.79 Å². The number of nitrogens with zero attached hydrogens (tertiary/aromatic N) is 2. The van der Waals surface area contributed by atoms with Crippen LogP contribution in [0.2, 0.25) is 0 Å². The minimum absolute atomic E-state index is 0.115. The Kier molecular flexibility index (Phi) is 4.67. The third-order valence-electron chi connectivity index (χ3n) is 4.79. The Labute approximate surface area is 133 Å². The summed E-state index contributed by atoms with van der Waals surface area (Å²) in [4.78, 5) is 17.3. The van der Waals surface area contributed by atoms with E-state index < -0.39 is 0 Å². The molecule has 0 radical (unpaired) electrons. The van der Waals surface area contributed by atoms with Crippen LogP contribution in [0.4, 0.5) is 11.4 Å². The van der Waals surface area contributed by atoms with Crippen molar-refractivity contribution < 1.29 is 4.79 Å². The van der Waals surface area contributed by atoms with Crippen molar-refractivity contribution in [2.75, 3.05) is 36.4 Å². The summed E-state index contributed by atoms with van der Waals surface area (Å²) in [5, 5.41) is 3.41. The van der Waals surface area contributed by atoms with Gasteiger partial charge in [-0.15, -0.1) is 0 Å². The maximum atomic E-state index is 12.8. The number of fused-ring (bicyclic) bond motifs is 1. The molecule has 0 spiro atoms. The molecule has 22 heavy (non-hydrogen) atoms. The molecule has 1 N–H and O–H groups in total. The van der Waals surface area contributed by atoms with E-state index in [1.807, 2.05) is 23.1 Å². The van der Waals surface area contributed by atoms with Crippen LogP contribution in [0.25, 0.3) is 0 Å². The van der Waals surface area contributed by atoms with Gasteiger partial charge in [0.1, 0.15) is 6.04 Å². The fourth-order valence-electron chi connectivity index (χ4n) is 3.45. The third kappa shape index (κ3) is 3.12. The summed E-state index contributed by atoms with van der Waals surface area (Å²) in [6.07, 6.45) is 3.93. The lowest BCUT2D eigenvalue weighted by molar-refractivity contribution is -0.120. The van der Waals surface area contributed by atoms with E-state index in [1.165, 1.54) is 32.4 Å². The first-order valence-electron chi connectivity index (χ1n) is 8.56. The molecular formula is C18H27N3O.